The van der Waals surface area contributed by atoms with Crippen LogP contribution in [0.4, 0.5) is 29.3 Å². The van der Waals surface area contributed by atoms with Gasteiger partial charge in [0.05, 0.1) is 5.56 Å². The molecule has 1 heterocycles. The number of benzene rings is 2. The molecule has 2 amide bonds. The van der Waals surface area contributed by atoms with Crippen molar-refractivity contribution in [2.75, 3.05) is 50.0 Å². The molecular weight excluding hydrogens is 553 g/mol. The van der Waals surface area contributed by atoms with Crippen molar-refractivity contribution in [2.24, 2.45) is 0 Å². The summed E-state index contributed by atoms with van der Waals surface area (Å²) >= 11 is 3.33. The Labute approximate surface area is 223 Å². The molecule has 1 N–H and O–H groups in total. The van der Waals surface area contributed by atoms with Gasteiger partial charge in [0, 0.05) is 48.6 Å². The third-order valence-electron chi connectivity index (χ3n) is 5.74. The molecule has 0 bridgehead atoms. The van der Waals surface area contributed by atoms with Gasteiger partial charge in [0.2, 0.25) is 5.91 Å². The van der Waals surface area contributed by atoms with E-state index in [9.17, 15) is 22.8 Å². The maximum Gasteiger partial charge on any atom is 0.416 e. The first-order chi connectivity index (χ1) is 17.2. The zero-order chi connectivity index (χ0) is 27.4. The van der Waals surface area contributed by atoms with Crippen molar-refractivity contribution in [1.29, 1.82) is 0 Å². The standard InChI is InChI=1S/C26H32BrF3N4O3/c1-25(2,3)37-24(36)34(21-9-6-19(27)7-10-21)17-23(35)31-20-8-5-18(22(15-20)26(28,29)30)16-33-13-11-32(4)12-14-33/h5-10,15H,11-14,16-17H2,1-4H3,(H,31,35). The van der Waals surface area contributed by atoms with Crippen LogP contribution in [0.25, 0.3) is 0 Å². The highest BCUT2D eigenvalue weighted by Gasteiger charge is 2.34. The quantitative estimate of drug-likeness (QED) is 0.479. The number of ether oxygens (including phenoxy) is 1. The van der Waals surface area contributed by atoms with E-state index in [1.807, 2.05) is 11.9 Å². The van der Waals surface area contributed by atoms with Gasteiger partial charge < -0.3 is 15.0 Å². The first-order valence-corrected chi connectivity index (χ1v) is 12.7. The number of carbonyl (C=O) groups excluding carboxylic acids is 2. The van der Waals surface area contributed by atoms with E-state index < -0.39 is 35.9 Å². The number of hydrogen-bond donors (Lipinski definition) is 1. The minimum absolute atomic E-state index is 0.000558. The Morgan fingerprint density at radius 3 is 2.22 bits per heavy atom. The molecule has 0 unspecified atom stereocenters. The van der Waals surface area contributed by atoms with Gasteiger partial charge in [-0.1, -0.05) is 22.0 Å². The van der Waals surface area contributed by atoms with E-state index in [1.54, 1.807) is 45.0 Å². The van der Waals surface area contributed by atoms with Crippen LogP contribution in [0.15, 0.2) is 46.9 Å². The molecule has 202 valence electrons. The second kappa shape index (κ2) is 11.8. The fourth-order valence-corrected chi connectivity index (χ4v) is 4.11. The largest absolute Gasteiger partial charge is 0.443 e. The number of nitrogens with one attached hydrogen (secondary N) is 1. The Hall–Kier alpha value is -2.63. The average molecular weight is 585 g/mol. The highest BCUT2D eigenvalue weighted by Crippen LogP contribution is 2.34. The maximum atomic E-state index is 13.9. The van der Waals surface area contributed by atoms with E-state index in [-0.39, 0.29) is 17.8 Å². The van der Waals surface area contributed by atoms with Gasteiger partial charge in [-0.25, -0.2) is 4.79 Å². The lowest BCUT2D eigenvalue weighted by molar-refractivity contribution is -0.138. The highest BCUT2D eigenvalue weighted by molar-refractivity contribution is 9.10. The molecule has 2 aromatic rings. The van der Waals surface area contributed by atoms with E-state index in [1.165, 1.54) is 12.1 Å². The first kappa shape index (κ1) is 28.9. The van der Waals surface area contributed by atoms with Crippen LogP contribution in [0.1, 0.15) is 31.9 Å². The average Bonchev–Trinajstić information content (AvgIpc) is 2.79. The Morgan fingerprint density at radius 2 is 1.65 bits per heavy atom. The normalized spacial score (nSPS) is 15.4. The summed E-state index contributed by atoms with van der Waals surface area (Å²) in [6.07, 6.45) is -5.33. The van der Waals surface area contributed by atoms with E-state index in [0.717, 1.165) is 28.5 Å². The number of anilines is 2. The molecule has 7 nitrogen and oxygen atoms in total. The fraction of sp³-hybridized carbons (Fsp3) is 0.462. The molecule has 0 saturated carbocycles. The second-order valence-corrected chi connectivity index (χ2v) is 11.0. The zero-order valence-electron chi connectivity index (χ0n) is 21.4. The number of likely N-dealkylation sites (N-methyl/N-ethyl adjacent to an activating group) is 1. The Morgan fingerprint density at radius 1 is 1.03 bits per heavy atom. The van der Waals surface area contributed by atoms with Crippen LogP contribution in [0, 0.1) is 0 Å². The number of hydrogen-bond acceptors (Lipinski definition) is 5. The predicted molar refractivity (Wildman–Crippen MR) is 141 cm³/mol. The molecule has 1 fully saturated rings. The van der Waals surface area contributed by atoms with E-state index >= 15 is 0 Å². The predicted octanol–water partition coefficient (Wildman–Crippen LogP) is 5.60. The summed E-state index contributed by atoms with van der Waals surface area (Å²) in [7, 11) is 1.98. The van der Waals surface area contributed by atoms with E-state index in [0.29, 0.717) is 18.8 Å². The lowest BCUT2D eigenvalue weighted by Crippen LogP contribution is -2.44. The number of amides is 2. The third-order valence-corrected chi connectivity index (χ3v) is 6.27. The molecule has 1 aliphatic heterocycles. The van der Waals surface area contributed by atoms with Gasteiger partial charge in [-0.2, -0.15) is 13.2 Å². The van der Waals surface area contributed by atoms with Crippen LogP contribution < -0.4 is 10.2 Å². The van der Waals surface area contributed by atoms with E-state index in [2.05, 4.69) is 26.1 Å². The summed E-state index contributed by atoms with van der Waals surface area (Å²) in [5.41, 5.74) is -1.03. The van der Waals surface area contributed by atoms with Gasteiger partial charge in [0.25, 0.3) is 0 Å². The van der Waals surface area contributed by atoms with Crippen molar-refractivity contribution in [3.8, 4) is 0 Å². The summed E-state index contributed by atoms with van der Waals surface area (Å²) in [5, 5.41) is 2.50. The van der Waals surface area contributed by atoms with Crippen LogP contribution >= 0.6 is 15.9 Å². The van der Waals surface area contributed by atoms with Crippen molar-refractivity contribution in [3.05, 3.63) is 58.1 Å². The van der Waals surface area contributed by atoms with Crippen molar-refractivity contribution >= 4 is 39.3 Å². The van der Waals surface area contributed by atoms with Crippen LogP contribution in [0.2, 0.25) is 0 Å². The van der Waals surface area contributed by atoms with Gasteiger partial charge in [-0.15, -0.1) is 0 Å². The van der Waals surface area contributed by atoms with Gasteiger partial charge in [-0.05, 0) is 69.8 Å². The number of rotatable bonds is 6. The Kier molecular flexibility index (Phi) is 9.25. The lowest BCUT2D eigenvalue weighted by Gasteiger charge is -2.33. The third kappa shape index (κ3) is 8.72. The van der Waals surface area contributed by atoms with Crippen molar-refractivity contribution < 1.29 is 27.5 Å². The van der Waals surface area contributed by atoms with Crippen molar-refractivity contribution in [2.45, 2.75) is 39.1 Å². The molecular formula is C26H32BrF3N4O3. The minimum atomic E-state index is -4.58. The second-order valence-electron chi connectivity index (χ2n) is 10.0. The molecule has 2 aromatic carbocycles. The van der Waals surface area contributed by atoms with Crippen molar-refractivity contribution in [1.82, 2.24) is 9.80 Å². The minimum Gasteiger partial charge on any atom is -0.443 e. The number of carbonyl (C=O) groups is 2. The summed E-state index contributed by atoms with van der Waals surface area (Å²) in [4.78, 5) is 30.9. The SMILES string of the molecule is CN1CCN(Cc2ccc(NC(=O)CN(C(=O)OC(C)(C)C)c3ccc(Br)cc3)cc2C(F)(F)F)CC1. The number of halogens is 4. The lowest BCUT2D eigenvalue weighted by atomic mass is 10.0. The zero-order valence-corrected chi connectivity index (χ0v) is 22.9. The molecule has 11 heteroatoms. The molecule has 3 rings (SSSR count). The monoisotopic (exact) mass is 584 g/mol. The summed E-state index contributed by atoms with van der Waals surface area (Å²) in [6, 6.07) is 10.5. The summed E-state index contributed by atoms with van der Waals surface area (Å²) in [5.74, 6) is -0.659. The first-order valence-electron chi connectivity index (χ1n) is 11.9. The number of alkyl halides is 3. The molecule has 1 saturated heterocycles. The summed E-state index contributed by atoms with van der Waals surface area (Å²) in [6.45, 7) is 7.79. The molecule has 1 aliphatic rings. The van der Waals surface area contributed by atoms with Gasteiger partial charge in [0.15, 0.2) is 0 Å². The Balaban J connectivity index is 1.78. The molecule has 37 heavy (non-hydrogen) atoms. The molecule has 0 radical (unpaired) electrons. The molecule has 0 aliphatic carbocycles. The molecule has 0 aromatic heterocycles. The number of nitrogens with zero attached hydrogens (tertiary/aromatic N) is 3. The maximum absolute atomic E-state index is 13.9. The van der Waals surface area contributed by atoms with Crippen LogP contribution in [0.5, 0.6) is 0 Å². The van der Waals surface area contributed by atoms with E-state index in [4.69, 9.17) is 4.74 Å². The van der Waals surface area contributed by atoms with Gasteiger partial charge in [-0.3, -0.25) is 14.6 Å². The number of piperazine rings is 1. The van der Waals surface area contributed by atoms with Gasteiger partial charge >= 0.3 is 12.3 Å². The van der Waals surface area contributed by atoms with Crippen molar-refractivity contribution in [3.63, 3.8) is 0 Å². The topological polar surface area (TPSA) is 65.1 Å². The Bertz CT molecular complexity index is 1100. The smallest absolute Gasteiger partial charge is 0.416 e. The fourth-order valence-electron chi connectivity index (χ4n) is 3.85. The van der Waals surface area contributed by atoms with Crippen LogP contribution in [-0.4, -0.2) is 67.2 Å². The molecule has 0 atom stereocenters. The van der Waals surface area contributed by atoms with Crippen LogP contribution in [0.3, 0.4) is 0 Å². The summed E-state index contributed by atoms with van der Waals surface area (Å²) < 4.78 is 47.9. The molecule has 0 spiro atoms. The van der Waals surface area contributed by atoms with Crippen LogP contribution in [-0.2, 0) is 22.3 Å². The highest BCUT2D eigenvalue weighted by atomic mass is 79.9. The van der Waals surface area contributed by atoms with Gasteiger partial charge in [0.1, 0.15) is 12.1 Å².